The van der Waals surface area contributed by atoms with Crippen molar-refractivity contribution in [2.24, 2.45) is 0 Å². The number of ketones is 1. The van der Waals surface area contributed by atoms with Gasteiger partial charge in [-0.2, -0.15) is 4.37 Å². The number of fused-ring (bicyclic) bond motifs is 1. The van der Waals surface area contributed by atoms with E-state index in [1.807, 2.05) is 19.9 Å². The molecule has 1 aliphatic rings. The molecule has 0 unspecified atom stereocenters. The highest BCUT2D eigenvalue weighted by molar-refractivity contribution is 7.12. The van der Waals surface area contributed by atoms with E-state index in [2.05, 4.69) is 13.9 Å². The maximum atomic E-state index is 12.7. The molecule has 124 valence electrons. The lowest BCUT2D eigenvalue weighted by molar-refractivity contribution is 0.0970. The monoisotopic (exact) mass is 342 g/mol. The van der Waals surface area contributed by atoms with E-state index >= 15 is 0 Å². The summed E-state index contributed by atoms with van der Waals surface area (Å²) in [7, 11) is 0. The van der Waals surface area contributed by atoms with Gasteiger partial charge in [0.1, 0.15) is 0 Å². The van der Waals surface area contributed by atoms with Gasteiger partial charge in [0.15, 0.2) is 10.6 Å². The second-order valence-electron chi connectivity index (χ2n) is 6.43. The summed E-state index contributed by atoms with van der Waals surface area (Å²) < 4.78 is 7.79. The van der Waals surface area contributed by atoms with Gasteiger partial charge in [-0.1, -0.05) is 0 Å². The minimum absolute atomic E-state index is 0.00597. The summed E-state index contributed by atoms with van der Waals surface area (Å²) in [6, 6.07) is 2.47. The zero-order chi connectivity index (χ0) is 17.0. The summed E-state index contributed by atoms with van der Waals surface area (Å²) in [5, 5.41) is 0.513. The first-order chi connectivity index (χ1) is 11.5. The Morgan fingerprint density at radius 1 is 1.33 bits per heavy atom. The summed E-state index contributed by atoms with van der Waals surface area (Å²) in [6.07, 6.45) is 3.79. The Morgan fingerprint density at radius 2 is 2.08 bits per heavy atom. The number of Topliss-reactive ketones (excluding diaryl/α,β-unsaturated/α-hetero) is 1. The number of aromatic nitrogens is 4. The molecule has 0 atom stereocenters. The lowest BCUT2D eigenvalue weighted by Crippen LogP contribution is -2.24. The highest BCUT2D eigenvalue weighted by Crippen LogP contribution is 2.38. The average molecular weight is 342 g/mol. The largest absolute Gasteiger partial charge is 0.345 e. The Kier molecular flexibility index (Phi) is 3.42. The zero-order valence-corrected chi connectivity index (χ0v) is 14.7. The van der Waals surface area contributed by atoms with Gasteiger partial charge in [0.05, 0.1) is 24.0 Å². The van der Waals surface area contributed by atoms with Crippen LogP contribution in [0.5, 0.6) is 0 Å². The first-order valence-corrected chi connectivity index (χ1v) is 8.77. The van der Waals surface area contributed by atoms with E-state index in [0.717, 1.165) is 11.4 Å². The number of carbonyl (C=O) groups excluding carboxylic acids is 1. The van der Waals surface area contributed by atoms with E-state index in [1.165, 1.54) is 35.3 Å². The van der Waals surface area contributed by atoms with E-state index in [0.29, 0.717) is 27.5 Å². The molecule has 7 heteroatoms. The third-order valence-electron chi connectivity index (χ3n) is 4.64. The summed E-state index contributed by atoms with van der Waals surface area (Å²) in [4.78, 5) is 30.2. The second kappa shape index (κ2) is 5.37. The molecule has 1 fully saturated rings. The van der Waals surface area contributed by atoms with Crippen molar-refractivity contribution in [3.63, 3.8) is 0 Å². The fourth-order valence-corrected chi connectivity index (χ4v) is 4.05. The molecule has 24 heavy (non-hydrogen) atoms. The van der Waals surface area contributed by atoms with Gasteiger partial charge in [-0.3, -0.25) is 14.2 Å². The van der Waals surface area contributed by atoms with Gasteiger partial charge >= 0.3 is 0 Å². The third-order valence-corrected chi connectivity index (χ3v) is 5.49. The van der Waals surface area contributed by atoms with Crippen molar-refractivity contribution in [2.75, 3.05) is 0 Å². The summed E-state index contributed by atoms with van der Waals surface area (Å²) in [5.74, 6) is -0.0564. The van der Waals surface area contributed by atoms with Gasteiger partial charge in [-0.05, 0) is 51.2 Å². The van der Waals surface area contributed by atoms with Crippen LogP contribution in [0.4, 0.5) is 0 Å². The zero-order valence-electron chi connectivity index (χ0n) is 13.9. The SMILES string of the molecule is Cc1nsc2ncn(CC(=O)c3cc(C)n(C4CC4)c3C)c(=O)c12. The average Bonchev–Trinajstić information content (AvgIpc) is 3.23. The van der Waals surface area contributed by atoms with Crippen LogP contribution in [0.1, 0.15) is 46.3 Å². The Hall–Kier alpha value is -2.28. The molecule has 1 saturated carbocycles. The molecule has 3 heterocycles. The molecular formula is C17H18N4O2S. The summed E-state index contributed by atoms with van der Waals surface area (Å²) in [5.41, 5.74) is 3.27. The quantitative estimate of drug-likeness (QED) is 0.684. The second-order valence-corrected chi connectivity index (χ2v) is 7.19. The molecule has 6 nitrogen and oxygen atoms in total. The number of hydrogen-bond donors (Lipinski definition) is 0. The van der Waals surface area contributed by atoms with Crippen molar-refractivity contribution in [1.82, 2.24) is 18.5 Å². The molecule has 0 bridgehead atoms. The van der Waals surface area contributed by atoms with Gasteiger partial charge in [0.2, 0.25) is 0 Å². The van der Waals surface area contributed by atoms with Crippen molar-refractivity contribution in [1.29, 1.82) is 0 Å². The molecule has 0 spiro atoms. The smallest absolute Gasteiger partial charge is 0.264 e. The lowest BCUT2D eigenvalue weighted by atomic mass is 10.1. The molecule has 0 amide bonds. The fourth-order valence-electron chi connectivity index (χ4n) is 3.32. The van der Waals surface area contributed by atoms with Crippen LogP contribution in [0.15, 0.2) is 17.2 Å². The van der Waals surface area contributed by atoms with E-state index in [-0.39, 0.29) is 17.9 Å². The van der Waals surface area contributed by atoms with Crippen LogP contribution in [0.2, 0.25) is 0 Å². The number of aryl methyl sites for hydroxylation is 2. The van der Waals surface area contributed by atoms with Crippen molar-refractivity contribution in [2.45, 2.75) is 46.2 Å². The van der Waals surface area contributed by atoms with Gasteiger partial charge in [0, 0.05) is 23.0 Å². The molecule has 4 rings (SSSR count). The number of carbonyl (C=O) groups is 1. The molecular weight excluding hydrogens is 324 g/mol. The van der Waals surface area contributed by atoms with Crippen molar-refractivity contribution < 1.29 is 4.79 Å². The van der Waals surface area contributed by atoms with Crippen LogP contribution in [-0.4, -0.2) is 24.3 Å². The van der Waals surface area contributed by atoms with E-state index in [9.17, 15) is 9.59 Å². The van der Waals surface area contributed by atoms with Crippen LogP contribution >= 0.6 is 11.5 Å². The standard InChI is InChI=1S/C17H18N4O2S/c1-9-6-13(11(3)21(9)12-4-5-12)14(22)7-20-8-18-16-15(17(20)23)10(2)19-24-16/h6,8,12H,4-5,7H2,1-3H3. The van der Waals surface area contributed by atoms with Gasteiger partial charge < -0.3 is 4.57 Å². The normalized spacial score (nSPS) is 14.5. The van der Waals surface area contributed by atoms with Gasteiger partial charge in [0.25, 0.3) is 5.56 Å². The van der Waals surface area contributed by atoms with Crippen LogP contribution in [-0.2, 0) is 6.54 Å². The fraction of sp³-hybridized carbons (Fsp3) is 0.412. The van der Waals surface area contributed by atoms with E-state index in [1.54, 1.807) is 6.92 Å². The van der Waals surface area contributed by atoms with Crippen molar-refractivity contribution in [3.8, 4) is 0 Å². The Balaban J connectivity index is 1.70. The molecule has 0 radical (unpaired) electrons. The van der Waals surface area contributed by atoms with Crippen LogP contribution in [0.3, 0.4) is 0 Å². The minimum Gasteiger partial charge on any atom is -0.345 e. The molecule has 3 aromatic heterocycles. The predicted molar refractivity (Wildman–Crippen MR) is 92.9 cm³/mol. The molecule has 3 aromatic rings. The van der Waals surface area contributed by atoms with Crippen LogP contribution in [0.25, 0.3) is 10.2 Å². The number of hydrogen-bond acceptors (Lipinski definition) is 5. The highest BCUT2D eigenvalue weighted by atomic mass is 32.1. The van der Waals surface area contributed by atoms with E-state index < -0.39 is 0 Å². The molecule has 0 N–H and O–H groups in total. The lowest BCUT2D eigenvalue weighted by Gasteiger charge is -2.08. The number of rotatable bonds is 4. The van der Waals surface area contributed by atoms with Gasteiger partial charge in [-0.15, -0.1) is 0 Å². The van der Waals surface area contributed by atoms with Gasteiger partial charge in [-0.25, -0.2) is 4.98 Å². The van der Waals surface area contributed by atoms with Crippen LogP contribution < -0.4 is 5.56 Å². The first kappa shape index (κ1) is 15.3. The number of nitrogens with zero attached hydrogens (tertiary/aromatic N) is 4. The summed E-state index contributed by atoms with van der Waals surface area (Å²) >= 11 is 1.21. The van der Waals surface area contributed by atoms with Crippen molar-refractivity contribution >= 4 is 27.5 Å². The highest BCUT2D eigenvalue weighted by Gasteiger charge is 2.28. The molecule has 0 aromatic carbocycles. The Morgan fingerprint density at radius 3 is 2.79 bits per heavy atom. The minimum atomic E-state index is -0.199. The summed E-state index contributed by atoms with van der Waals surface area (Å²) in [6.45, 7) is 5.81. The Bertz CT molecular complexity index is 1020. The molecule has 1 aliphatic carbocycles. The maximum absolute atomic E-state index is 12.7. The predicted octanol–water partition coefficient (Wildman–Crippen LogP) is 2.80. The first-order valence-electron chi connectivity index (χ1n) is 8.00. The molecule has 0 saturated heterocycles. The van der Waals surface area contributed by atoms with E-state index in [4.69, 9.17) is 0 Å². The topological polar surface area (TPSA) is 69.8 Å². The Labute approximate surface area is 142 Å². The maximum Gasteiger partial charge on any atom is 0.264 e. The van der Waals surface area contributed by atoms with Crippen LogP contribution in [0, 0.1) is 20.8 Å². The molecule has 0 aliphatic heterocycles. The van der Waals surface area contributed by atoms with Crippen molar-refractivity contribution in [3.05, 3.63) is 45.4 Å². The third kappa shape index (κ3) is 2.31.